The summed E-state index contributed by atoms with van der Waals surface area (Å²) < 4.78 is 5.45. The zero-order valence-electron chi connectivity index (χ0n) is 21.6. The molecule has 2 rings (SSSR count). The first-order chi connectivity index (χ1) is 16.4. The maximum absolute atomic E-state index is 11.2. The van der Waals surface area contributed by atoms with E-state index in [1.165, 1.54) is 70.6 Å². The molecule has 1 fully saturated rings. The van der Waals surface area contributed by atoms with Gasteiger partial charge in [0.2, 0.25) is 0 Å². The van der Waals surface area contributed by atoms with Gasteiger partial charge in [-0.1, -0.05) is 128 Å². The zero-order chi connectivity index (χ0) is 24.8. The van der Waals surface area contributed by atoms with Crippen molar-refractivity contribution in [3.63, 3.8) is 0 Å². The minimum absolute atomic E-state index is 0.112. The molecule has 0 spiro atoms. The summed E-state index contributed by atoms with van der Waals surface area (Å²) in [5.74, 6) is 0.276. The maximum atomic E-state index is 11.2. The van der Waals surface area contributed by atoms with Crippen molar-refractivity contribution >= 4 is 0 Å². The molecule has 5 heteroatoms. The normalized spacial score (nSPS) is 26.6. The van der Waals surface area contributed by atoms with Crippen molar-refractivity contribution in [2.24, 2.45) is 5.92 Å². The van der Waals surface area contributed by atoms with Gasteiger partial charge in [-0.25, -0.2) is 0 Å². The molecular weight excluding hydrogens is 428 g/mol. The first-order valence-electron chi connectivity index (χ1n) is 13.8. The van der Waals surface area contributed by atoms with Crippen LogP contribution in [0.3, 0.4) is 0 Å². The minimum atomic E-state index is -1.73. The van der Waals surface area contributed by atoms with Crippen LogP contribution in [0.25, 0.3) is 0 Å². The number of hydrogen-bond donors (Lipinski definition) is 4. The number of aliphatic hydroxyl groups excluding tert-OH is 3. The maximum Gasteiger partial charge on any atom is 0.184 e. The van der Waals surface area contributed by atoms with Crippen LogP contribution >= 0.6 is 0 Å². The Labute approximate surface area is 207 Å². The van der Waals surface area contributed by atoms with E-state index in [1.807, 2.05) is 30.3 Å². The van der Waals surface area contributed by atoms with E-state index >= 15 is 0 Å². The van der Waals surface area contributed by atoms with Crippen LogP contribution in [-0.4, -0.2) is 50.6 Å². The molecule has 3 unspecified atom stereocenters. The number of unbranched alkanes of at least 4 members (excludes halogenated alkanes) is 11. The van der Waals surface area contributed by atoms with Gasteiger partial charge in [-0.15, -0.1) is 0 Å². The van der Waals surface area contributed by atoms with Gasteiger partial charge in [-0.05, 0) is 17.9 Å². The molecule has 1 heterocycles. The van der Waals surface area contributed by atoms with Crippen molar-refractivity contribution in [3.8, 4) is 0 Å². The average molecular weight is 479 g/mol. The molecule has 1 aromatic carbocycles. The predicted octanol–water partition coefficient (Wildman–Crippen LogP) is 5.52. The van der Waals surface area contributed by atoms with Crippen molar-refractivity contribution in [3.05, 3.63) is 35.9 Å². The first kappa shape index (κ1) is 29.3. The van der Waals surface area contributed by atoms with Crippen molar-refractivity contribution in [2.45, 2.75) is 140 Å². The second-order valence-electron chi connectivity index (χ2n) is 10.6. The molecule has 4 N–H and O–H groups in total. The standard InChI is InChI=1S/C29H50O5/c1-3-4-5-6-7-8-9-10-11-12-13-15-18-23(2)21-25(30)27-29(33,26(31)28(32)34-27)22-24-19-16-14-17-20-24/h14,16-17,19-20,23,25-28,30-33H,3-13,15,18,21-22H2,1-2H3/t23?,25?,26-,27+,28?,29-/m0/s1. The summed E-state index contributed by atoms with van der Waals surface area (Å²) in [7, 11) is 0. The second-order valence-corrected chi connectivity index (χ2v) is 10.6. The molecule has 196 valence electrons. The van der Waals surface area contributed by atoms with Gasteiger partial charge in [0.25, 0.3) is 0 Å². The summed E-state index contributed by atoms with van der Waals surface area (Å²) in [4.78, 5) is 0. The SMILES string of the molecule is CCCCCCCCCCCCCCC(C)CC(O)[C@H]1OC(O)[C@H](O)[C@@]1(O)Cc1ccccc1. The third kappa shape index (κ3) is 9.58. The van der Waals surface area contributed by atoms with E-state index in [4.69, 9.17) is 4.74 Å². The third-order valence-electron chi connectivity index (χ3n) is 7.43. The van der Waals surface area contributed by atoms with Crippen molar-refractivity contribution in [1.82, 2.24) is 0 Å². The lowest BCUT2D eigenvalue weighted by molar-refractivity contribution is -0.151. The third-order valence-corrected chi connectivity index (χ3v) is 7.43. The fourth-order valence-electron chi connectivity index (χ4n) is 5.30. The van der Waals surface area contributed by atoms with E-state index in [2.05, 4.69) is 13.8 Å². The Morgan fingerprint density at radius 2 is 1.38 bits per heavy atom. The lowest BCUT2D eigenvalue weighted by Gasteiger charge is -2.34. The molecule has 0 aromatic heterocycles. The molecule has 0 amide bonds. The Kier molecular flexibility index (Phi) is 13.7. The Bertz CT molecular complexity index is 639. The number of aliphatic hydroxyl groups is 4. The quantitative estimate of drug-likeness (QED) is 0.209. The molecule has 6 atom stereocenters. The van der Waals surface area contributed by atoms with Gasteiger partial charge in [-0.2, -0.15) is 0 Å². The van der Waals surface area contributed by atoms with Crippen molar-refractivity contribution in [2.75, 3.05) is 0 Å². The van der Waals surface area contributed by atoms with Crippen LogP contribution in [0.5, 0.6) is 0 Å². The van der Waals surface area contributed by atoms with E-state index in [-0.39, 0.29) is 12.3 Å². The largest absolute Gasteiger partial charge is 0.390 e. The van der Waals surface area contributed by atoms with Crippen LogP contribution in [0.1, 0.15) is 109 Å². The smallest absolute Gasteiger partial charge is 0.184 e. The first-order valence-corrected chi connectivity index (χ1v) is 13.8. The highest BCUT2D eigenvalue weighted by Crippen LogP contribution is 2.37. The molecule has 1 saturated heterocycles. The molecule has 0 radical (unpaired) electrons. The summed E-state index contributed by atoms with van der Waals surface area (Å²) in [5, 5.41) is 42.5. The summed E-state index contributed by atoms with van der Waals surface area (Å²) >= 11 is 0. The Morgan fingerprint density at radius 1 is 0.853 bits per heavy atom. The van der Waals surface area contributed by atoms with E-state index in [0.717, 1.165) is 18.4 Å². The lowest BCUT2D eigenvalue weighted by atomic mass is 9.81. The van der Waals surface area contributed by atoms with Gasteiger partial charge in [-0.3, -0.25) is 0 Å². The predicted molar refractivity (Wildman–Crippen MR) is 137 cm³/mol. The molecule has 1 aliphatic rings. The fourth-order valence-corrected chi connectivity index (χ4v) is 5.30. The fraction of sp³-hybridized carbons (Fsp3) is 0.793. The van der Waals surface area contributed by atoms with Crippen LogP contribution in [0.4, 0.5) is 0 Å². The van der Waals surface area contributed by atoms with Crippen LogP contribution in [0.15, 0.2) is 30.3 Å². The molecule has 1 aliphatic heterocycles. The van der Waals surface area contributed by atoms with E-state index in [0.29, 0.717) is 6.42 Å². The zero-order valence-corrected chi connectivity index (χ0v) is 21.6. The number of hydrogen-bond acceptors (Lipinski definition) is 5. The number of benzene rings is 1. The van der Waals surface area contributed by atoms with Crippen LogP contribution < -0.4 is 0 Å². The summed E-state index contributed by atoms with van der Waals surface area (Å²) in [6.07, 6.45) is 12.5. The van der Waals surface area contributed by atoms with Gasteiger partial charge in [0.15, 0.2) is 6.29 Å². The van der Waals surface area contributed by atoms with Crippen molar-refractivity contribution < 1.29 is 25.2 Å². The average Bonchev–Trinajstić information content (AvgIpc) is 3.04. The molecule has 1 aromatic rings. The topological polar surface area (TPSA) is 90.2 Å². The molecular formula is C29H50O5. The van der Waals surface area contributed by atoms with Crippen LogP contribution in [-0.2, 0) is 11.2 Å². The minimum Gasteiger partial charge on any atom is -0.390 e. The highest BCUT2D eigenvalue weighted by molar-refractivity contribution is 5.20. The van der Waals surface area contributed by atoms with Crippen LogP contribution in [0.2, 0.25) is 0 Å². The summed E-state index contributed by atoms with van der Waals surface area (Å²) in [6, 6.07) is 9.32. The molecule has 5 nitrogen and oxygen atoms in total. The summed E-state index contributed by atoms with van der Waals surface area (Å²) in [6.45, 7) is 4.37. The van der Waals surface area contributed by atoms with Gasteiger partial charge < -0.3 is 25.2 Å². The second kappa shape index (κ2) is 15.9. The van der Waals surface area contributed by atoms with E-state index in [9.17, 15) is 20.4 Å². The molecule has 0 aliphatic carbocycles. The van der Waals surface area contributed by atoms with Crippen molar-refractivity contribution in [1.29, 1.82) is 0 Å². The van der Waals surface area contributed by atoms with Gasteiger partial charge in [0, 0.05) is 6.42 Å². The highest BCUT2D eigenvalue weighted by atomic mass is 16.7. The highest BCUT2D eigenvalue weighted by Gasteiger charge is 2.57. The van der Waals surface area contributed by atoms with Gasteiger partial charge >= 0.3 is 0 Å². The lowest BCUT2D eigenvalue weighted by Crippen LogP contribution is -2.54. The Hall–Kier alpha value is -0.980. The van der Waals surface area contributed by atoms with Crippen LogP contribution in [0, 0.1) is 5.92 Å². The monoisotopic (exact) mass is 478 g/mol. The molecule has 34 heavy (non-hydrogen) atoms. The van der Waals surface area contributed by atoms with E-state index in [1.54, 1.807) is 0 Å². The molecule has 0 saturated carbocycles. The summed E-state index contributed by atoms with van der Waals surface area (Å²) in [5.41, 5.74) is -0.904. The van der Waals surface area contributed by atoms with E-state index < -0.39 is 30.2 Å². The number of ether oxygens (including phenoxy) is 1. The molecule has 0 bridgehead atoms. The Balaban J connectivity index is 1.64. The van der Waals surface area contributed by atoms with Gasteiger partial charge in [0.05, 0.1) is 6.10 Å². The Morgan fingerprint density at radius 3 is 1.94 bits per heavy atom. The van der Waals surface area contributed by atoms with Gasteiger partial charge in [0.1, 0.15) is 17.8 Å². The number of rotatable bonds is 18.